The molecule has 0 aromatic heterocycles. The van der Waals surface area contributed by atoms with Crippen molar-refractivity contribution >= 4 is 17.7 Å². The van der Waals surface area contributed by atoms with Gasteiger partial charge in [0.05, 0.1) is 16.9 Å². The average Bonchev–Trinajstić information content (AvgIpc) is 2.36. The van der Waals surface area contributed by atoms with E-state index in [1.54, 1.807) is 0 Å². The summed E-state index contributed by atoms with van der Waals surface area (Å²) in [6.45, 7) is 0.777. The third kappa shape index (κ3) is 0.745. The van der Waals surface area contributed by atoms with Crippen molar-refractivity contribution in [2.75, 3.05) is 6.54 Å². The number of hydrogen-bond donors (Lipinski definition) is 0. The zero-order chi connectivity index (χ0) is 6.97. The van der Waals surface area contributed by atoms with Crippen LogP contribution in [-0.4, -0.2) is 6.54 Å². The molecule has 1 aromatic carbocycles. The zero-order valence-electron chi connectivity index (χ0n) is 5.34. The van der Waals surface area contributed by atoms with Crippen LogP contribution in [0.5, 0.6) is 0 Å². The van der Waals surface area contributed by atoms with E-state index >= 15 is 0 Å². The fourth-order valence-corrected chi connectivity index (χ4v) is 1.34. The summed E-state index contributed by atoms with van der Waals surface area (Å²) in [5, 5.41) is 2.86. The van der Waals surface area contributed by atoms with Crippen LogP contribution in [0, 0.1) is 0 Å². The van der Waals surface area contributed by atoms with Gasteiger partial charge in [-0.1, -0.05) is 29.8 Å². The van der Waals surface area contributed by atoms with Gasteiger partial charge in [0.15, 0.2) is 0 Å². The topological polar surface area (TPSA) is 12.4 Å². The van der Waals surface area contributed by atoms with E-state index < -0.39 is 0 Å². The maximum absolute atomic E-state index is 5.86. The van der Waals surface area contributed by atoms with Gasteiger partial charge in [-0.2, -0.15) is 0 Å². The van der Waals surface area contributed by atoms with Gasteiger partial charge in [0, 0.05) is 0 Å². The quantitative estimate of drug-likeness (QED) is 0.519. The molecule has 1 aliphatic heterocycles. The van der Waals surface area contributed by atoms with Gasteiger partial charge in [-0.05, 0) is 11.3 Å². The fourth-order valence-electron chi connectivity index (χ4n) is 1.10. The van der Waals surface area contributed by atoms with Crippen LogP contribution in [0.3, 0.4) is 0 Å². The largest absolute Gasteiger partial charge is 0.279 e. The summed E-state index contributed by atoms with van der Waals surface area (Å²) in [5.41, 5.74) is 0. The molecule has 1 aliphatic rings. The maximum Gasteiger partial charge on any atom is 0.0834 e. The molecule has 0 amide bonds. The molecule has 1 heterocycles. The smallest absolute Gasteiger partial charge is 0.0834 e. The lowest BCUT2D eigenvalue weighted by Gasteiger charge is -1.85. The molecule has 0 saturated carbocycles. The van der Waals surface area contributed by atoms with Crippen LogP contribution in [0.25, 0.3) is 6.08 Å². The van der Waals surface area contributed by atoms with Crippen LogP contribution >= 0.6 is 11.6 Å². The second-order valence-electron chi connectivity index (χ2n) is 2.22. The zero-order valence-corrected chi connectivity index (χ0v) is 6.10. The van der Waals surface area contributed by atoms with Gasteiger partial charge in [0.1, 0.15) is 0 Å². The van der Waals surface area contributed by atoms with Crippen molar-refractivity contribution in [3.05, 3.63) is 33.8 Å². The Bertz CT molecular complexity index is 367. The van der Waals surface area contributed by atoms with Gasteiger partial charge >= 0.3 is 0 Å². The molecule has 2 rings (SSSR count). The molecule has 0 saturated heterocycles. The van der Waals surface area contributed by atoms with Crippen molar-refractivity contribution < 1.29 is 0 Å². The molecule has 0 aliphatic carbocycles. The Morgan fingerprint density at radius 1 is 1.40 bits per heavy atom. The van der Waals surface area contributed by atoms with E-state index in [1.165, 1.54) is 0 Å². The molecule has 2 heteroatoms. The summed E-state index contributed by atoms with van der Waals surface area (Å²) in [6.07, 6.45) is 2.07. The number of para-hydroxylation sites is 1. The standard InChI is InChI=1S/C8H6ClN/c9-7-3-1-2-6-4-5-10-8(6)7/h1-4H,5H2. The van der Waals surface area contributed by atoms with Crippen molar-refractivity contribution in [3.63, 3.8) is 0 Å². The predicted molar refractivity (Wildman–Crippen MR) is 41.6 cm³/mol. The van der Waals surface area contributed by atoms with Crippen molar-refractivity contribution in [1.29, 1.82) is 0 Å². The van der Waals surface area contributed by atoms with Gasteiger partial charge in [-0.3, -0.25) is 4.99 Å². The van der Waals surface area contributed by atoms with E-state index in [4.69, 9.17) is 11.6 Å². The number of fused-ring (bicyclic) bond motifs is 1. The summed E-state index contributed by atoms with van der Waals surface area (Å²) in [7, 11) is 0. The van der Waals surface area contributed by atoms with Gasteiger partial charge in [-0.15, -0.1) is 0 Å². The molecule has 1 aromatic rings. The minimum atomic E-state index is 0.756. The minimum absolute atomic E-state index is 0.756. The van der Waals surface area contributed by atoms with E-state index in [0.29, 0.717) is 0 Å². The minimum Gasteiger partial charge on any atom is -0.279 e. The highest BCUT2D eigenvalue weighted by Crippen LogP contribution is 1.97. The predicted octanol–water partition coefficient (Wildman–Crippen LogP) is 0.754. The van der Waals surface area contributed by atoms with Crippen LogP contribution in [-0.2, 0) is 0 Å². The Morgan fingerprint density at radius 3 is 3.10 bits per heavy atom. The SMILES string of the molecule is Clc1cccc2c1=NCC=2. The average molecular weight is 152 g/mol. The highest BCUT2D eigenvalue weighted by molar-refractivity contribution is 6.30. The second kappa shape index (κ2) is 2.10. The van der Waals surface area contributed by atoms with Crippen molar-refractivity contribution in [2.24, 2.45) is 4.99 Å². The summed E-state index contributed by atoms with van der Waals surface area (Å²) in [4.78, 5) is 4.21. The first-order valence-electron chi connectivity index (χ1n) is 3.17. The Balaban J connectivity index is 2.97. The second-order valence-corrected chi connectivity index (χ2v) is 2.63. The molecule has 10 heavy (non-hydrogen) atoms. The van der Waals surface area contributed by atoms with Crippen molar-refractivity contribution in [1.82, 2.24) is 0 Å². The van der Waals surface area contributed by atoms with Crippen LogP contribution in [0.1, 0.15) is 0 Å². The van der Waals surface area contributed by atoms with Crippen LogP contribution < -0.4 is 10.6 Å². The molecule has 1 nitrogen and oxygen atoms in total. The van der Waals surface area contributed by atoms with Crippen molar-refractivity contribution in [2.45, 2.75) is 0 Å². The fraction of sp³-hybridized carbons (Fsp3) is 0.125. The Morgan fingerprint density at radius 2 is 2.30 bits per heavy atom. The molecule has 0 bridgehead atoms. The lowest BCUT2D eigenvalue weighted by molar-refractivity contribution is 1.22. The van der Waals surface area contributed by atoms with Gasteiger partial charge in [0.2, 0.25) is 0 Å². The molecule has 0 unspecified atom stereocenters. The van der Waals surface area contributed by atoms with E-state index in [2.05, 4.69) is 11.1 Å². The summed E-state index contributed by atoms with van der Waals surface area (Å²) in [6, 6.07) is 5.83. The Hall–Kier alpha value is -0.820. The lowest BCUT2D eigenvalue weighted by Crippen LogP contribution is -2.21. The Kier molecular flexibility index (Phi) is 1.24. The Labute approximate surface area is 63.7 Å². The van der Waals surface area contributed by atoms with E-state index in [0.717, 1.165) is 22.1 Å². The van der Waals surface area contributed by atoms with Crippen molar-refractivity contribution in [3.8, 4) is 0 Å². The molecule has 50 valence electrons. The van der Waals surface area contributed by atoms with E-state index in [-0.39, 0.29) is 0 Å². The first kappa shape index (κ1) is 5.93. The lowest BCUT2D eigenvalue weighted by atomic mass is 10.3. The summed E-state index contributed by atoms with van der Waals surface area (Å²) < 4.78 is 0. The number of nitrogens with zero attached hydrogens (tertiary/aromatic N) is 1. The number of rotatable bonds is 0. The molecule has 0 spiro atoms. The van der Waals surface area contributed by atoms with Crippen LogP contribution in [0.2, 0.25) is 5.02 Å². The first-order valence-corrected chi connectivity index (χ1v) is 3.55. The van der Waals surface area contributed by atoms with E-state index in [9.17, 15) is 0 Å². The molecule has 0 N–H and O–H groups in total. The molecule has 0 atom stereocenters. The van der Waals surface area contributed by atoms with Crippen LogP contribution in [0.15, 0.2) is 23.2 Å². The highest BCUT2D eigenvalue weighted by Gasteiger charge is 1.96. The number of benzene rings is 1. The number of hydrogen-bond acceptors (Lipinski definition) is 1. The van der Waals surface area contributed by atoms with Gasteiger partial charge < -0.3 is 0 Å². The normalized spacial score (nSPS) is 13.7. The summed E-state index contributed by atoms with van der Waals surface area (Å²) in [5.74, 6) is 0. The maximum atomic E-state index is 5.86. The van der Waals surface area contributed by atoms with Gasteiger partial charge in [-0.25, -0.2) is 0 Å². The molecular weight excluding hydrogens is 146 g/mol. The third-order valence-electron chi connectivity index (χ3n) is 1.58. The monoisotopic (exact) mass is 151 g/mol. The van der Waals surface area contributed by atoms with Gasteiger partial charge in [0.25, 0.3) is 0 Å². The number of halogens is 1. The highest BCUT2D eigenvalue weighted by atomic mass is 35.5. The first-order chi connectivity index (χ1) is 4.88. The van der Waals surface area contributed by atoms with E-state index in [1.807, 2.05) is 18.2 Å². The molecular formula is C8H6ClN. The molecule has 0 fully saturated rings. The summed E-state index contributed by atoms with van der Waals surface area (Å²) >= 11 is 5.86. The van der Waals surface area contributed by atoms with Crippen LogP contribution in [0.4, 0.5) is 0 Å². The third-order valence-corrected chi connectivity index (χ3v) is 1.88. The molecule has 0 radical (unpaired) electrons.